The molecule has 1 saturated carbocycles. The van der Waals surface area contributed by atoms with Crippen LogP contribution in [0.5, 0.6) is 0 Å². The van der Waals surface area contributed by atoms with Crippen molar-refractivity contribution in [2.24, 2.45) is 0 Å². The topological polar surface area (TPSA) is 55.0 Å². The number of nitrogens with zero attached hydrogens (tertiary/aromatic N) is 3. The maximum Gasteiger partial charge on any atom is 0.137 e. The first kappa shape index (κ1) is 14.3. The van der Waals surface area contributed by atoms with E-state index in [4.69, 9.17) is 10.7 Å². The number of anilines is 2. The average molecular weight is 347 g/mol. The van der Waals surface area contributed by atoms with Crippen molar-refractivity contribution in [1.29, 1.82) is 0 Å². The van der Waals surface area contributed by atoms with Gasteiger partial charge in [0.15, 0.2) is 0 Å². The molecule has 4 nitrogen and oxygen atoms in total. The standard InChI is InChI=1S/C16H19BrN4/c1-10-14(18)19-15(12-5-6-12)20-16(10)21(2)9-11-3-7-13(17)8-4-11/h3-4,7-8,12H,5-6,9H2,1-2H3,(H2,18,19,20). The van der Waals surface area contributed by atoms with Crippen LogP contribution in [0.15, 0.2) is 28.7 Å². The molecule has 1 aromatic heterocycles. The molecule has 0 unspecified atom stereocenters. The molecule has 2 aromatic rings. The van der Waals surface area contributed by atoms with Crippen molar-refractivity contribution in [2.75, 3.05) is 17.7 Å². The van der Waals surface area contributed by atoms with Crippen molar-refractivity contribution in [3.05, 3.63) is 45.7 Å². The summed E-state index contributed by atoms with van der Waals surface area (Å²) in [5.74, 6) is 2.94. The summed E-state index contributed by atoms with van der Waals surface area (Å²) in [5.41, 5.74) is 8.25. The van der Waals surface area contributed by atoms with Gasteiger partial charge in [-0.05, 0) is 37.5 Å². The highest BCUT2D eigenvalue weighted by Gasteiger charge is 2.28. The zero-order chi connectivity index (χ0) is 15.0. The quantitative estimate of drug-likeness (QED) is 0.917. The molecule has 0 saturated heterocycles. The largest absolute Gasteiger partial charge is 0.383 e. The van der Waals surface area contributed by atoms with Crippen molar-refractivity contribution >= 4 is 27.6 Å². The molecule has 2 N–H and O–H groups in total. The van der Waals surface area contributed by atoms with Crippen LogP contribution < -0.4 is 10.6 Å². The first-order chi connectivity index (χ1) is 10.0. The Morgan fingerprint density at radius 2 is 1.90 bits per heavy atom. The Bertz CT molecular complexity index is 650. The van der Waals surface area contributed by atoms with Crippen molar-refractivity contribution in [2.45, 2.75) is 32.2 Å². The van der Waals surface area contributed by atoms with Crippen LogP contribution in [0.25, 0.3) is 0 Å². The minimum Gasteiger partial charge on any atom is -0.383 e. The van der Waals surface area contributed by atoms with E-state index in [0.29, 0.717) is 11.7 Å². The zero-order valence-electron chi connectivity index (χ0n) is 12.3. The molecule has 0 aliphatic heterocycles. The normalized spacial score (nSPS) is 14.2. The van der Waals surface area contributed by atoms with E-state index in [0.717, 1.165) is 28.2 Å². The van der Waals surface area contributed by atoms with Crippen molar-refractivity contribution in [3.63, 3.8) is 0 Å². The van der Waals surface area contributed by atoms with Gasteiger partial charge in [-0.1, -0.05) is 28.1 Å². The van der Waals surface area contributed by atoms with E-state index in [9.17, 15) is 0 Å². The summed E-state index contributed by atoms with van der Waals surface area (Å²) < 4.78 is 1.09. The first-order valence-electron chi connectivity index (χ1n) is 7.14. The van der Waals surface area contributed by atoms with Crippen LogP contribution in [-0.4, -0.2) is 17.0 Å². The molecule has 0 radical (unpaired) electrons. The van der Waals surface area contributed by atoms with Crippen LogP contribution >= 0.6 is 15.9 Å². The Labute approximate surface area is 133 Å². The molecule has 1 aromatic carbocycles. The predicted molar refractivity (Wildman–Crippen MR) is 89.4 cm³/mol. The van der Waals surface area contributed by atoms with Gasteiger partial charge in [0.2, 0.25) is 0 Å². The Morgan fingerprint density at radius 3 is 2.52 bits per heavy atom. The molecule has 0 atom stereocenters. The van der Waals surface area contributed by atoms with E-state index in [-0.39, 0.29) is 0 Å². The van der Waals surface area contributed by atoms with Gasteiger partial charge < -0.3 is 10.6 Å². The second-order valence-corrected chi connectivity index (χ2v) is 6.59. The van der Waals surface area contributed by atoms with Gasteiger partial charge >= 0.3 is 0 Å². The third kappa shape index (κ3) is 3.18. The first-order valence-corrected chi connectivity index (χ1v) is 7.93. The van der Waals surface area contributed by atoms with E-state index in [1.807, 2.05) is 14.0 Å². The lowest BCUT2D eigenvalue weighted by molar-refractivity contribution is 0.848. The highest BCUT2D eigenvalue weighted by atomic mass is 79.9. The average Bonchev–Trinajstić information content (AvgIpc) is 3.28. The summed E-state index contributed by atoms with van der Waals surface area (Å²) in [7, 11) is 2.05. The smallest absolute Gasteiger partial charge is 0.137 e. The second kappa shape index (κ2) is 5.64. The Balaban J connectivity index is 1.86. The Kier molecular flexibility index (Phi) is 3.85. The third-order valence-electron chi connectivity index (χ3n) is 3.81. The minimum atomic E-state index is 0.507. The number of benzene rings is 1. The monoisotopic (exact) mass is 346 g/mol. The molecule has 0 amide bonds. The predicted octanol–water partition coefficient (Wildman–Crippen LogP) is 3.64. The fourth-order valence-corrected chi connectivity index (χ4v) is 2.64. The SMILES string of the molecule is Cc1c(N)nc(C2CC2)nc1N(C)Cc1ccc(Br)cc1. The molecule has 0 bridgehead atoms. The van der Waals surface area contributed by atoms with E-state index in [1.165, 1.54) is 18.4 Å². The summed E-state index contributed by atoms with van der Waals surface area (Å²) in [4.78, 5) is 11.3. The third-order valence-corrected chi connectivity index (χ3v) is 4.34. The highest BCUT2D eigenvalue weighted by Crippen LogP contribution is 2.39. The molecule has 1 aliphatic carbocycles. The summed E-state index contributed by atoms with van der Waals surface area (Å²) in [5, 5.41) is 0. The lowest BCUT2D eigenvalue weighted by Crippen LogP contribution is -2.20. The van der Waals surface area contributed by atoms with Gasteiger partial charge in [0, 0.05) is 29.5 Å². The molecule has 21 heavy (non-hydrogen) atoms. The van der Waals surface area contributed by atoms with Crippen LogP contribution in [0.4, 0.5) is 11.6 Å². The van der Waals surface area contributed by atoms with Crippen LogP contribution in [0.2, 0.25) is 0 Å². The summed E-state index contributed by atoms with van der Waals surface area (Å²) in [6, 6.07) is 8.34. The molecular weight excluding hydrogens is 328 g/mol. The lowest BCUT2D eigenvalue weighted by Gasteiger charge is -2.21. The molecular formula is C16H19BrN4. The van der Waals surface area contributed by atoms with Gasteiger partial charge in [-0.15, -0.1) is 0 Å². The van der Waals surface area contributed by atoms with E-state index in [2.05, 4.69) is 50.1 Å². The zero-order valence-corrected chi connectivity index (χ0v) is 13.9. The minimum absolute atomic E-state index is 0.507. The highest BCUT2D eigenvalue weighted by molar-refractivity contribution is 9.10. The van der Waals surface area contributed by atoms with Crippen LogP contribution in [0, 0.1) is 6.92 Å². The van der Waals surface area contributed by atoms with E-state index >= 15 is 0 Å². The second-order valence-electron chi connectivity index (χ2n) is 5.67. The molecule has 3 rings (SSSR count). The number of nitrogens with two attached hydrogens (primary N) is 1. The van der Waals surface area contributed by atoms with Crippen LogP contribution in [-0.2, 0) is 6.54 Å². The van der Waals surface area contributed by atoms with Gasteiger partial charge in [0.05, 0.1) is 0 Å². The van der Waals surface area contributed by atoms with E-state index < -0.39 is 0 Å². The van der Waals surface area contributed by atoms with Crippen LogP contribution in [0.1, 0.15) is 35.7 Å². The molecule has 1 aliphatic rings. The van der Waals surface area contributed by atoms with Gasteiger partial charge in [0.25, 0.3) is 0 Å². The molecule has 1 heterocycles. The molecule has 1 fully saturated rings. The van der Waals surface area contributed by atoms with Gasteiger partial charge in [-0.25, -0.2) is 9.97 Å². The maximum absolute atomic E-state index is 6.05. The maximum atomic E-state index is 6.05. The summed E-state index contributed by atoms with van der Waals surface area (Å²) >= 11 is 3.46. The van der Waals surface area contributed by atoms with Crippen molar-refractivity contribution < 1.29 is 0 Å². The number of hydrogen-bond acceptors (Lipinski definition) is 4. The van der Waals surface area contributed by atoms with Gasteiger partial charge in [-0.2, -0.15) is 0 Å². The van der Waals surface area contributed by atoms with Gasteiger partial charge in [0.1, 0.15) is 17.5 Å². The summed E-state index contributed by atoms with van der Waals surface area (Å²) in [6.45, 7) is 2.79. The number of hydrogen-bond donors (Lipinski definition) is 1. The Morgan fingerprint density at radius 1 is 1.24 bits per heavy atom. The molecule has 110 valence electrons. The molecule has 5 heteroatoms. The fraction of sp³-hybridized carbons (Fsp3) is 0.375. The van der Waals surface area contributed by atoms with Crippen molar-refractivity contribution in [3.8, 4) is 0 Å². The van der Waals surface area contributed by atoms with Gasteiger partial charge in [-0.3, -0.25) is 0 Å². The number of aromatic nitrogens is 2. The summed E-state index contributed by atoms with van der Waals surface area (Å²) in [6.07, 6.45) is 2.36. The Hall–Kier alpha value is -1.62. The van der Waals surface area contributed by atoms with E-state index in [1.54, 1.807) is 0 Å². The number of nitrogen functional groups attached to an aromatic ring is 1. The van der Waals surface area contributed by atoms with Crippen LogP contribution in [0.3, 0.4) is 0 Å². The lowest BCUT2D eigenvalue weighted by atomic mass is 10.2. The number of rotatable bonds is 4. The van der Waals surface area contributed by atoms with Crippen molar-refractivity contribution in [1.82, 2.24) is 9.97 Å². The number of halogens is 1. The fourth-order valence-electron chi connectivity index (χ4n) is 2.37. The molecule has 0 spiro atoms.